The van der Waals surface area contributed by atoms with Gasteiger partial charge in [-0.15, -0.1) is 11.3 Å². The van der Waals surface area contributed by atoms with Crippen molar-refractivity contribution in [3.8, 4) is 11.3 Å². The lowest BCUT2D eigenvalue weighted by Crippen LogP contribution is -2.40. The van der Waals surface area contributed by atoms with Crippen molar-refractivity contribution < 1.29 is 9.59 Å². The lowest BCUT2D eigenvalue weighted by Gasteiger charge is -2.36. The van der Waals surface area contributed by atoms with Gasteiger partial charge in [-0.25, -0.2) is 4.98 Å². The summed E-state index contributed by atoms with van der Waals surface area (Å²) in [5.41, 5.74) is 4.46. The summed E-state index contributed by atoms with van der Waals surface area (Å²) < 4.78 is 0. The largest absolute Gasteiger partial charge is 0.302 e. The van der Waals surface area contributed by atoms with Gasteiger partial charge in [0.2, 0.25) is 5.91 Å². The first-order chi connectivity index (χ1) is 12.5. The molecule has 26 heavy (non-hydrogen) atoms. The number of nitrogens with one attached hydrogen (secondary N) is 1. The number of carbonyl (C=O) groups excluding carboxylic acids is 2. The van der Waals surface area contributed by atoms with Crippen LogP contribution in [-0.4, -0.2) is 16.7 Å². The van der Waals surface area contributed by atoms with Gasteiger partial charge in [-0.3, -0.25) is 9.59 Å². The van der Waals surface area contributed by atoms with E-state index in [4.69, 9.17) is 0 Å². The summed E-state index contributed by atoms with van der Waals surface area (Å²) in [6.45, 7) is 4.19. The fourth-order valence-electron chi connectivity index (χ4n) is 4.27. The van der Waals surface area contributed by atoms with Crippen LogP contribution in [0.1, 0.15) is 43.2 Å². The molecule has 2 atom stereocenters. The topological polar surface area (TPSA) is 59.1 Å². The highest BCUT2D eigenvalue weighted by Gasteiger charge is 2.41. The van der Waals surface area contributed by atoms with Gasteiger partial charge in [-0.1, -0.05) is 18.6 Å². The van der Waals surface area contributed by atoms with E-state index in [0.717, 1.165) is 30.5 Å². The fraction of sp³-hybridized carbons (Fsp3) is 0.476. The van der Waals surface area contributed by atoms with Crippen LogP contribution in [0.4, 0.5) is 5.13 Å². The number of thiazole rings is 1. The molecule has 1 aromatic heterocycles. The number of rotatable bonds is 3. The molecule has 2 saturated carbocycles. The molecule has 2 aliphatic carbocycles. The molecule has 0 saturated heterocycles. The molecule has 2 unspecified atom stereocenters. The maximum atomic E-state index is 12.7. The molecule has 0 spiro atoms. The molecule has 2 aromatic rings. The number of nitrogens with zero attached hydrogens (tertiary/aromatic N) is 1. The molecule has 1 aromatic carbocycles. The van der Waals surface area contributed by atoms with Crippen molar-refractivity contribution in [2.45, 2.75) is 46.0 Å². The van der Waals surface area contributed by atoms with Crippen LogP contribution in [-0.2, 0) is 9.59 Å². The molecule has 5 heteroatoms. The Morgan fingerprint density at radius 1 is 1.15 bits per heavy atom. The lowest BCUT2D eigenvalue weighted by atomic mass is 9.67. The Morgan fingerprint density at radius 2 is 1.88 bits per heavy atom. The van der Waals surface area contributed by atoms with E-state index in [0.29, 0.717) is 23.8 Å². The number of anilines is 1. The summed E-state index contributed by atoms with van der Waals surface area (Å²) in [4.78, 5) is 29.5. The standard InChI is InChI=1S/C21H24N2O2S/c1-12-6-7-14(8-13(12)2)18-11-26-21(22-18)23-20(25)17-9-15-4-3-5-16(10-17)19(15)24/h6-8,11,15-17H,3-5,9-10H2,1-2H3,(H,22,23,25). The zero-order valence-electron chi connectivity index (χ0n) is 15.2. The number of benzene rings is 1. The Hall–Kier alpha value is -2.01. The maximum Gasteiger partial charge on any atom is 0.229 e. The summed E-state index contributed by atoms with van der Waals surface area (Å²) in [6, 6.07) is 6.29. The normalized spacial score (nSPS) is 25.2. The van der Waals surface area contributed by atoms with Gasteiger partial charge in [-0.05, 0) is 56.7 Å². The van der Waals surface area contributed by atoms with Gasteiger partial charge in [0, 0.05) is 28.7 Å². The van der Waals surface area contributed by atoms with Crippen LogP contribution in [0.2, 0.25) is 0 Å². The summed E-state index contributed by atoms with van der Waals surface area (Å²) in [6.07, 6.45) is 4.44. The minimum atomic E-state index is -0.0584. The Balaban J connectivity index is 1.45. The first kappa shape index (κ1) is 17.4. The zero-order valence-corrected chi connectivity index (χ0v) is 16.1. The summed E-state index contributed by atoms with van der Waals surface area (Å²) in [5, 5.41) is 5.62. The molecule has 1 amide bonds. The molecule has 4 nitrogen and oxygen atoms in total. The molecule has 2 fully saturated rings. The average Bonchev–Trinajstić information content (AvgIpc) is 3.05. The number of amides is 1. The fourth-order valence-corrected chi connectivity index (χ4v) is 4.99. The van der Waals surface area contributed by atoms with Crippen LogP contribution in [0.3, 0.4) is 0 Å². The van der Waals surface area contributed by atoms with Crippen LogP contribution < -0.4 is 5.32 Å². The molecular weight excluding hydrogens is 344 g/mol. The highest BCUT2D eigenvalue weighted by molar-refractivity contribution is 7.14. The smallest absolute Gasteiger partial charge is 0.229 e. The molecule has 1 heterocycles. The number of hydrogen-bond acceptors (Lipinski definition) is 4. The first-order valence-corrected chi connectivity index (χ1v) is 10.3. The predicted octanol–water partition coefficient (Wildman–Crippen LogP) is 4.76. The minimum absolute atomic E-state index is 0.0235. The second kappa shape index (κ2) is 6.95. The SMILES string of the molecule is Cc1ccc(-c2csc(NC(=O)C3CC4CCCC(C3)C4=O)n2)cc1C. The molecule has 136 valence electrons. The summed E-state index contributed by atoms with van der Waals surface area (Å²) in [7, 11) is 0. The van der Waals surface area contributed by atoms with Gasteiger partial charge in [0.1, 0.15) is 5.78 Å². The third-order valence-electron chi connectivity index (χ3n) is 5.96. The maximum absolute atomic E-state index is 12.7. The van der Waals surface area contributed by atoms with Crippen molar-refractivity contribution >= 4 is 28.2 Å². The molecule has 4 rings (SSSR count). The summed E-state index contributed by atoms with van der Waals surface area (Å²) in [5.74, 6) is 0.556. The number of Topliss-reactive ketones (excluding diaryl/α,β-unsaturated/α-hetero) is 1. The van der Waals surface area contributed by atoms with Crippen LogP contribution in [0.5, 0.6) is 0 Å². The minimum Gasteiger partial charge on any atom is -0.302 e. The van der Waals surface area contributed by atoms with Crippen LogP contribution in [0.25, 0.3) is 11.3 Å². The zero-order chi connectivity index (χ0) is 18.3. The number of aromatic nitrogens is 1. The molecule has 2 aliphatic rings. The van der Waals surface area contributed by atoms with Crippen LogP contribution in [0.15, 0.2) is 23.6 Å². The predicted molar refractivity (Wildman–Crippen MR) is 104 cm³/mol. The Kier molecular flexibility index (Phi) is 4.65. The van der Waals surface area contributed by atoms with Crippen LogP contribution >= 0.6 is 11.3 Å². The Bertz CT molecular complexity index is 841. The van der Waals surface area contributed by atoms with E-state index in [1.165, 1.54) is 22.5 Å². The van der Waals surface area contributed by atoms with E-state index in [-0.39, 0.29) is 23.7 Å². The average molecular weight is 369 g/mol. The van der Waals surface area contributed by atoms with Crippen molar-refractivity contribution in [3.63, 3.8) is 0 Å². The first-order valence-electron chi connectivity index (χ1n) is 9.39. The molecule has 1 N–H and O–H groups in total. The van der Waals surface area contributed by atoms with E-state index < -0.39 is 0 Å². The van der Waals surface area contributed by atoms with Crippen molar-refractivity contribution in [1.82, 2.24) is 4.98 Å². The molecule has 2 bridgehead atoms. The van der Waals surface area contributed by atoms with Gasteiger partial charge in [0.05, 0.1) is 5.69 Å². The number of carbonyl (C=O) groups is 2. The number of ketones is 1. The Morgan fingerprint density at radius 3 is 2.58 bits per heavy atom. The van der Waals surface area contributed by atoms with E-state index in [1.807, 2.05) is 5.38 Å². The van der Waals surface area contributed by atoms with Gasteiger partial charge < -0.3 is 5.32 Å². The van der Waals surface area contributed by atoms with Crippen molar-refractivity contribution in [3.05, 3.63) is 34.7 Å². The quantitative estimate of drug-likeness (QED) is 0.850. The number of fused-ring (bicyclic) bond motifs is 2. The lowest BCUT2D eigenvalue weighted by molar-refractivity contribution is -0.136. The Labute approximate surface area is 158 Å². The van der Waals surface area contributed by atoms with Gasteiger partial charge in [0.25, 0.3) is 0 Å². The van der Waals surface area contributed by atoms with E-state index in [2.05, 4.69) is 42.3 Å². The molecule has 0 aliphatic heterocycles. The second-order valence-electron chi connectivity index (χ2n) is 7.72. The van der Waals surface area contributed by atoms with Crippen molar-refractivity contribution in [1.29, 1.82) is 0 Å². The third-order valence-corrected chi connectivity index (χ3v) is 6.71. The highest BCUT2D eigenvalue weighted by Crippen LogP contribution is 2.40. The van der Waals surface area contributed by atoms with Gasteiger partial charge in [0.15, 0.2) is 5.13 Å². The molecular formula is C21H24N2O2S. The highest BCUT2D eigenvalue weighted by atomic mass is 32.1. The molecule has 0 radical (unpaired) electrons. The second-order valence-corrected chi connectivity index (χ2v) is 8.58. The monoisotopic (exact) mass is 368 g/mol. The number of hydrogen-bond donors (Lipinski definition) is 1. The number of aryl methyl sites for hydroxylation is 2. The van der Waals surface area contributed by atoms with E-state index >= 15 is 0 Å². The van der Waals surface area contributed by atoms with Crippen LogP contribution in [0, 0.1) is 31.6 Å². The third kappa shape index (κ3) is 3.32. The van der Waals surface area contributed by atoms with Crippen molar-refractivity contribution in [2.24, 2.45) is 17.8 Å². The summed E-state index contributed by atoms with van der Waals surface area (Å²) >= 11 is 1.46. The van der Waals surface area contributed by atoms with Gasteiger partial charge >= 0.3 is 0 Å². The van der Waals surface area contributed by atoms with Crippen molar-refractivity contribution in [2.75, 3.05) is 5.32 Å². The van der Waals surface area contributed by atoms with E-state index in [9.17, 15) is 9.59 Å². The van der Waals surface area contributed by atoms with Gasteiger partial charge in [-0.2, -0.15) is 0 Å². The van der Waals surface area contributed by atoms with E-state index in [1.54, 1.807) is 0 Å².